The first-order chi connectivity index (χ1) is 13.7. The van der Waals surface area contributed by atoms with E-state index >= 15 is 0 Å². The molecule has 0 atom stereocenters. The van der Waals surface area contributed by atoms with Crippen LogP contribution in [0.5, 0.6) is 5.75 Å². The number of ether oxygens (including phenoxy) is 1. The first kappa shape index (κ1) is 19.9. The summed E-state index contributed by atoms with van der Waals surface area (Å²) in [5.74, 6) is 2.25. The van der Waals surface area contributed by atoms with Gasteiger partial charge in [0.15, 0.2) is 0 Å². The van der Waals surface area contributed by atoms with E-state index in [0.29, 0.717) is 31.2 Å². The van der Waals surface area contributed by atoms with Gasteiger partial charge in [-0.3, -0.25) is 4.79 Å². The van der Waals surface area contributed by atoms with E-state index in [0.717, 1.165) is 30.4 Å². The molecule has 2 heterocycles. The highest BCUT2D eigenvalue weighted by Gasteiger charge is 2.13. The number of aromatic nitrogens is 2. The van der Waals surface area contributed by atoms with Gasteiger partial charge in [-0.15, -0.1) is 0 Å². The third-order valence-electron chi connectivity index (χ3n) is 4.64. The number of carbonyl (C=O) groups excluding carboxylic acids is 1. The molecule has 0 aliphatic carbocycles. The van der Waals surface area contributed by atoms with Crippen LogP contribution in [-0.4, -0.2) is 48.7 Å². The molecule has 1 aliphatic heterocycles. The number of anilines is 2. The molecule has 7 nitrogen and oxygen atoms in total. The quantitative estimate of drug-likeness (QED) is 0.682. The van der Waals surface area contributed by atoms with E-state index in [9.17, 15) is 4.79 Å². The summed E-state index contributed by atoms with van der Waals surface area (Å²) >= 11 is 0. The lowest BCUT2D eigenvalue weighted by Gasteiger charge is -2.28. The van der Waals surface area contributed by atoms with Gasteiger partial charge in [-0.2, -0.15) is 4.98 Å². The Labute approximate surface area is 166 Å². The van der Waals surface area contributed by atoms with Crippen LogP contribution < -0.4 is 20.3 Å². The highest BCUT2D eigenvalue weighted by Crippen LogP contribution is 2.19. The van der Waals surface area contributed by atoms with Crippen LogP contribution in [0.3, 0.4) is 0 Å². The van der Waals surface area contributed by atoms with E-state index < -0.39 is 0 Å². The third kappa shape index (κ3) is 5.58. The van der Waals surface area contributed by atoms with Crippen molar-refractivity contribution in [1.29, 1.82) is 0 Å². The number of hydrogen-bond donors (Lipinski definition) is 2. The monoisotopic (exact) mass is 383 g/mol. The fraction of sp³-hybridized carbons (Fsp3) is 0.476. The number of carbonyl (C=O) groups is 1. The number of benzene rings is 1. The number of rotatable bonds is 8. The molecule has 0 unspecified atom stereocenters. The van der Waals surface area contributed by atoms with Crippen LogP contribution in [0.1, 0.15) is 42.2 Å². The number of nitrogens with one attached hydrogen (secondary N) is 2. The molecule has 1 aromatic carbocycles. The maximum Gasteiger partial charge on any atom is 0.251 e. The van der Waals surface area contributed by atoms with Crippen LogP contribution in [0.15, 0.2) is 30.3 Å². The zero-order chi connectivity index (χ0) is 19.8. The summed E-state index contributed by atoms with van der Waals surface area (Å²) in [5, 5.41) is 6.12. The lowest BCUT2D eigenvalue weighted by molar-refractivity contribution is 0.0955. The molecular weight excluding hydrogens is 354 g/mol. The molecule has 0 radical (unpaired) electrons. The van der Waals surface area contributed by atoms with Crippen molar-refractivity contribution >= 4 is 17.7 Å². The molecule has 150 valence electrons. The molecule has 1 aliphatic rings. The van der Waals surface area contributed by atoms with Gasteiger partial charge < -0.3 is 20.3 Å². The van der Waals surface area contributed by atoms with Crippen molar-refractivity contribution in [3.05, 3.63) is 41.6 Å². The van der Waals surface area contributed by atoms with Gasteiger partial charge in [0.05, 0.1) is 6.61 Å². The molecule has 1 amide bonds. The molecule has 1 aromatic heterocycles. The fourth-order valence-electron chi connectivity index (χ4n) is 3.24. The zero-order valence-electron chi connectivity index (χ0n) is 16.7. The van der Waals surface area contributed by atoms with Gasteiger partial charge in [-0.05, 0) is 57.4 Å². The highest BCUT2D eigenvalue weighted by molar-refractivity contribution is 5.94. The predicted molar refractivity (Wildman–Crippen MR) is 111 cm³/mol. The van der Waals surface area contributed by atoms with Crippen LogP contribution in [0.25, 0.3) is 0 Å². The molecule has 28 heavy (non-hydrogen) atoms. The summed E-state index contributed by atoms with van der Waals surface area (Å²) in [6.07, 6.45) is 3.71. The second-order valence-electron chi connectivity index (χ2n) is 6.88. The van der Waals surface area contributed by atoms with E-state index in [-0.39, 0.29) is 5.91 Å². The molecule has 2 N–H and O–H groups in total. The number of hydrogen-bond acceptors (Lipinski definition) is 6. The van der Waals surface area contributed by atoms with Gasteiger partial charge in [0.25, 0.3) is 5.91 Å². The number of nitrogens with zero attached hydrogens (tertiary/aromatic N) is 3. The zero-order valence-corrected chi connectivity index (χ0v) is 16.7. The number of aryl methyl sites for hydroxylation is 1. The molecule has 1 fully saturated rings. The summed E-state index contributed by atoms with van der Waals surface area (Å²) in [5.41, 5.74) is 1.55. The molecule has 7 heteroatoms. The summed E-state index contributed by atoms with van der Waals surface area (Å²) < 4.78 is 5.39. The standard InChI is InChI=1S/C21H29N5O2/c1-3-28-18-9-7-17(8-10-18)20(27)22-11-12-23-21-24-16(2)15-19(25-21)26-13-5-4-6-14-26/h7-10,15H,3-6,11-14H2,1-2H3,(H,22,27)(H,23,24,25). The smallest absolute Gasteiger partial charge is 0.251 e. The Bertz CT molecular complexity index is 773. The molecule has 3 rings (SSSR count). The van der Waals surface area contributed by atoms with Crippen molar-refractivity contribution < 1.29 is 9.53 Å². The second kappa shape index (κ2) is 9.92. The SMILES string of the molecule is CCOc1ccc(C(=O)NCCNc2nc(C)cc(N3CCCCC3)n2)cc1. The van der Waals surface area contributed by atoms with Gasteiger partial charge in [-0.1, -0.05) is 0 Å². The molecule has 0 spiro atoms. The van der Waals surface area contributed by atoms with Gasteiger partial charge >= 0.3 is 0 Å². The minimum Gasteiger partial charge on any atom is -0.494 e. The first-order valence-electron chi connectivity index (χ1n) is 10.0. The van der Waals surface area contributed by atoms with Crippen molar-refractivity contribution in [1.82, 2.24) is 15.3 Å². The largest absolute Gasteiger partial charge is 0.494 e. The van der Waals surface area contributed by atoms with Gasteiger partial charge in [-0.25, -0.2) is 4.98 Å². The Morgan fingerprint density at radius 3 is 2.57 bits per heavy atom. The van der Waals surface area contributed by atoms with Gasteiger partial charge in [0.2, 0.25) is 5.95 Å². The summed E-state index contributed by atoms with van der Waals surface area (Å²) in [4.78, 5) is 23.6. The summed E-state index contributed by atoms with van der Waals surface area (Å²) in [6.45, 7) is 7.67. The second-order valence-corrected chi connectivity index (χ2v) is 6.88. The predicted octanol–water partition coefficient (Wildman–Crippen LogP) is 3.02. The molecule has 2 aromatic rings. The Kier molecular flexibility index (Phi) is 7.06. The summed E-state index contributed by atoms with van der Waals surface area (Å²) in [7, 11) is 0. The van der Waals surface area contributed by atoms with Crippen molar-refractivity contribution in [3.63, 3.8) is 0 Å². The van der Waals surface area contributed by atoms with Crippen molar-refractivity contribution in [2.75, 3.05) is 43.0 Å². The third-order valence-corrected chi connectivity index (χ3v) is 4.64. The average Bonchev–Trinajstić information content (AvgIpc) is 2.72. The van der Waals surface area contributed by atoms with E-state index in [4.69, 9.17) is 4.74 Å². The van der Waals surface area contributed by atoms with Crippen molar-refractivity contribution in [2.24, 2.45) is 0 Å². The normalized spacial score (nSPS) is 13.9. The maximum absolute atomic E-state index is 12.2. The van der Waals surface area contributed by atoms with Gasteiger partial charge in [0.1, 0.15) is 11.6 Å². The van der Waals surface area contributed by atoms with Crippen molar-refractivity contribution in [2.45, 2.75) is 33.1 Å². The minimum atomic E-state index is -0.107. The van der Waals surface area contributed by atoms with Crippen molar-refractivity contribution in [3.8, 4) is 5.75 Å². The summed E-state index contributed by atoms with van der Waals surface area (Å²) in [6, 6.07) is 9.17. The molecule has 0 bridgehead atoms. The Morgan fingerprint density at radius 1 is 1.11 bits per heavy atom. The average molecular weight is 383 g/mol. The maximum atomic E-state index is 12.2. The van der Waals surface area contributed by atoms with E-state index in [1.54, 1.807) is 24.3 Å². The van der Waals surface area contributed by atoms with Crippen LogP contribution in [0.2, 0.25) is 0 Å². The lowest BCUT2D eigenvalue weighted by atomic mass is 10.1. The topological polar surface area (TPSA) is 79.4 Å². The van der Waals surface area contributed by atoms with E-state index in [1.165, 1.54) is 19.3 Å². The Balaban J connectivity index is 1.48. The minimum absolute atomic E-state index is 0.107. The Morgan fingerprint density at radius 2 is 1.86 bits per heavy atom. The van der Waals surface area contributed by atoms with Crippen LogP contribution in [-0.2, 0) is 0 Å². The van der Waals surface area contributed by atoms with E-state index in [2.05, 4.69) is 25.5 Å². The molecule has 0 saturated carbocycles. The van der Waals surface area contributed by atoms with Gasteiger partial charge in [0, 0.05) is 43.5 Å². The van der Waals surface area contributed by atoms with Crippen LogP contribution in [0, 0.1) is 6.92 Å². The number of piperidine rings is 1. The molecular formula is C21H29N5O2. The highest BCUT2D eigenvalue weighted by atomic mass is 16.5. The fourth-order valence-corrected chi connectivity index (χ4v) is 3.24. The lowest BCUT2D eigenvalue weighted by Crippen LogP contribution is -2.31. The first-order valence-corrected chi connectivity index (χ1v) is 10.0. The van der Waals surface area contributed by atoms with Crippen LogP contribution in [0.4, 0.5) is 11.8 Å². The Hall–Kier alpha value is -2.83. The molecule has 1 saturated heterocycles. The number of amides is 1. The van der Waals surface area contributed by atoms with E-state index in [1.807, 2.05) is 19.9 Å². The van der Waals surface area contributed by atoms with Crippen LogP contribution >= 0.6 is 0 Å².